The van der Waals surface area contributed by atoms with Crippen molar-refractivity contribution in [3.63, 3.8) is 0 Å². The molecule has 0 aromatic heterocycles. The smallest absolute Gasteiger partial charge is 0.317 e. The number of piperidine rings is 1. The minimum absolute atomic E-state index is 0.0602. The van der Waals surface area contributed by atoms with Crippen molar-refractivity contribution >= 4 is 12.0 Å². The highest BCUT2D eigenvalue weighted by Crippen LogP contribution is 2.38. The largest absolute Gasteiger partial charge is 0.481 e. The molecule has 2 unspecified atom stereocenters. The van der Waals surface area contributed by atoms with Gasteiger partial charge in [-0.25, -0.2) is 4.79 Å². The summed E-state index contributed by atoms with van der Waals surface area (Å²) in [6.07, 6.45) is 4.60. The summed E-state index contributed by atoms with van der Waals surface area (Å²) in [4.78, 5) is 24.9. The molecule has 0 aromatic carbocycles. The molecule has 6 heteroatoms. The second-order valence-electron chi connectivity index (χ2n) is 6.12. The van der Waals surface area contributed by atoms with E-state index in [0.717, 1.165) is 13.0 Å². The Labute approximate surface area is 118 Å². The van der Waals surface area contributed by atoms with Gasteiger partial charge in [-0.15, -0.1) is 0 Å². The van der Waals surface area contributed by atoms with Gasteiger partial charge in [0.1, 0.15) is 0 Å². The fraction of sp³-hybridized carbons (Fsp3) is 0.857. The highest BCUT2D eigenvalue weighted by atomic mass is 16.5. The number of amides is 2. The number of aliphatic carboxylic acids is 1. The number of hydrogen-bond acceptors (Lipinski definition) is 3. The Bertz CT molecular complexity index is 389. The van der Waals surface area contributed by atoms with E-state index in [0.29, 0.717) is 31.8 Å². The van der Waals surface area contributed by atoms with Gasteiger partial charge in [0, 0.05) is 19.7 Å². The first kappa shape index (κ1) is 13.7. The predicted octanol–water partition coefficient (Wildman–Crippen LogP) is 1.06. The number of nitrogens with one attached hydrogen (secondary N) is 1. The van der Waals surface area contributed by atoms with Crippen LogP contribution in [0.1, 0.15) is 32.1 Å². The van der Waals surface area contributed by atoms with E-state index in [2.05, 4.69) is 5.32 Å². The number of carbonyl (C=O) groups excluding carboxylic acids is 1. The Morgan fingerprint density at radius 1 is 1.10 bits per heavy atom. The fourth-order valence-electron chi connectivity index (χ4n) is 3.23. The highest BCUT2D eigenvalue weighted by Gasteiger charge is 2.41. The zero-order valence-electron chi connectivity index (χ0n) is 11.6. The first-order valence-electron chi connectivity index (χ1n) is 7.55. The topological polar surface area (TPSA) is 78.9 Å². The third-order valence-electron chi connectivity index (χ3n) is 4.66. The van der Waals surface area contributed by atoms with Gasteiger partial charge in [0.05, 0.1) is 18.1 Å². The normalized spacial score (nSPS) is 31.3. The second kappa shape index (κ2) is 5.60. The number of carbonyl (C=O) groups is 2. The lowest BCUT2D eigenvalue weighted by Crippen LogP contribution is -2.50. The van der Waals surface area contributed by atoms with Crippen LogP contribution >= 0.6 is 0 Å². The zero-order chi connectivity index (χ0) is 14.1. The van der Waals surface area contributed by atoms with E-state index in [9.17, 15) is 9.59 Å². The van der Waals surface area contributed by atoms with Crippen molar-refractivity contribution in [2.45, 2.75) is 44.2 Å². The van der Waals surface area contributed by atoms with Crippen molar-refractivity contribution in [3.8, 4) is 0 Å². The Hall–Kier alpha value is -1.30. The molecule has 2 heterocycles. The summed E-state index contributed by atoms with van der Waals surface area (Å²) in [5, 5.41) is 12.0. The zero-order valence-corrected chi connectivity index (χ0v) is 11.6. The summed E-state index contributed by atoms with van der Waals surface area (Å²) >= 11 is 0. The summed E-state index contributed by atoms with van der Waals surface area (Å²) in [5.74, 6) is -0.420. The maximum atomic E-state index is 12.2. The molecule has 6 nitrogen and oxygen atoms in total. The Balaban J connectivity index is 1.48. The maximum Gasteiger partial charge on any atom is 0.317 e. The van der Waals surface area contributed by atoms with E-state index in [1.54, 1.807) is 4.90 Å². The van der Waals surface area contributed by atoms with Crippen LogP contribution in [0.2, 0.25) is 0 Å². The minimum Gasteiger partial charge on any atom is -0.481 e. The van der Waals surface area contributed by atoms with E-state index in [-0.39, 0.29) is 24.1 Å². The van der Waals surface area contributed by atoms with Gasteiger partial charge in [-0.2, -0.15) is 0 Å². The summed E-state index contributed by atoms with van der Waals surface area (Å²) in [7, 11) is 0. The SMILES string of the molecule is O=C(O)C1CCN(C(=O)NC2CCOC2C2CC2)CC1. The van der Waals surface area contributed by atoms with Crippen LogP contribution < -0.4 is 5.32 Å². The van der Waals surface area contributed by atoms with Crippen LogP contribution in [-0.4, -0.2) is 53.8 Å². The van der Waals surface area contributed by atoms with Gasteiger partial charge in [-0.05, 0) is 38.0 Å². The molecule has 0 aromatic rings. The number of nitrogens with zero attached hydrogens (tertiary/aromatic N) is 1. The van der Waals surface area contributed by atoms with E-state index in [4.69, 9.17) is 9.84 Å². The molecular formula is C14H22N2O4. The predicted molar refractivity (Wildman–Crippen MR) is 71.3 cm³/mol. The number of carboxylic acids is 1. The van der Waals surface area contributed by atoms with Gasteiger partial charge in [0.2, 0.25) is 0 Å². The molecule has 0 radical (unpaired) electrons. The summed E-state index contributed by atoms with van der Waals surface area (Å²) in [6, 6.07) is 0.0715. The van der Waals surface area contributed by atoms with Gasteiger partial charge < -0.3 is 20.1 Å². The van der Waals surface area contributed by atoms with Crippen LogP contribution in [0.25, 0.3) is 0 Å². The number of hydrogen-bond donors (Lipinski definition) is 2. The van der Waals surface area contributed by atoms with E-state index >= 15 is 0 Å². The molecule has 0 bridgehead atoms. The number of ether oxygens (including phenoxy) is 1. The lowest BCUT2D eigenvalue weighted by Gasteiger charge is -2.31. The molecule has 2 saturated heterocycles. The highest BCUT2D eigenvalue weighted by molar-refractivity contribution is 5.75. The maximum absolute atomic E-state index is 12.2. The first-order chi connectivity index (χ1) is 9.65. The van der Waals surface area contributed by atoms with E-state index in [1.807, 2.05) is 0 Å². The standard InChI is InChI=1S/C14H22N2O4/c17-13(18)10-3-6-16(7-4-10)14(19)15-11-5-8-20-12(11)9-1-2-9/h9-12H,1-8H2,(H,15,19)(H,17,18). The van der Waals surface area contributed by atoms with Crippen LogP contribution in [0.3, 0.4) is 0 Å². The van der Waals surface area contributed by atoms with Gasteiger partial charge in [-0.1, -0.05) is 0 Å². The molecule has 2 atom stereocenters. The molecule has 0 spiro atoms. The van der Waals surface area contributed by atoms with Crippen LogP contribution in [0.4, 0.5) is 4.79 Å². The molecule has 3 aliphatic rings. The molecule has 3 fully saturated rings. The van der Waals surface area contributed by atoms with E-state index < -0.39 is 5.97 Å². The van der Waals surface area contributed by atoms with Crippen molar-refractivity contribution in [1.82, 2.24) is 10.2 Å². The lowest BCUT2D eigenvalue weighted by atomic mass is 9.97. The summed E-state index contributed by atoms with van der Waals surface area (Å²) in [6.45, 7) is 1.79. The quantitative estimate of drug-likeness (QED) is 0.811. The van der Waals surface area contributed by atoms with Crippen LogP contribution in [0.5, 0.6) is 0 Å². The number of rotatable bonds is 3. The third kappa shape index (κ3) is 2.90. The van der Waals surface area contributed by atoms with Crippen molar-refractivity contribution < 1.29 is 19.4 Å². The Kier molecular flexibility index (Phi) is 3.83. The van der Waals surface area contributed by atoms with Gasteiger partial charge in [0.25, 0.3) is 0 Å². The Morgan fingerprint density at radius 2 is 1.80 bits per heavy atom. The first-order valence-corrected chi connectivity index (χ1v) is 7.55. The fourth-order valence-corrected chi connectivity index (χ4v) is 3.23. The van der Waals surface area contributed by atoms with Gasteiger partial charge in [-0.3, -0.25) is 4.79 Å². The molecule has 2 amide bonds. The average molecular weight is 282 g/mol. The van der Waals surface area contributed by atoms with Crippen molar-refractivity contribution in [3.05, 3.63) is 0 Å². The van der Waals surface area contributed by atoms with Crippen molar-refractivity contribution in [1.29, 1.82) is 0 Å². The minimum atomic E-state index is -0.747. The molecule has 2 N–H and O–H groups in total. The monoisotopic (exact) mass is 282 g/mol. The molecule has 2 aliphatic heterocycles. The van der Waals surface area contributed by atoms with Crippen LogP contribution in [0, 0.1) is 11.8 Å². The van der Waals surface area contributed by atoms with Crippen molar-refractivity contribution in [2.24, 2.45) is 11.8 Å². The second-order valence-corrected chi connectivity index (χ2v) is 6.12. The summed E-state index contributed by atoms with van der Waals surface area (Å²) in [5.41, 5.74) is 0. The molecule has 112 valence electrons. The lowest BCUT2D eigenvalue weighted by molar-refractivity contribution is -0.143. The molecule has 1 saturated carbocycles. The molecule has 1 aliphatic carbocycles. The van der Waals surface area contributed by atoms with E-state index in [1.165, 1.54) is 12.8 Å². The Morgan fingerprint density at radius 3 is 2.40 bits per heavy atom. The number of urea groups is 1. The average Bonchev–Trinajstić information content (AvgIpc) is 3.19. The van der Waals surface area contributed by atoms with Crippen molar-refractivity contribution in [2.75, 3.05) is 19.7 Å². The van der Waals surface area contributed by atoms with Crippen LogP contribution in [0.15, 0.2) is 0 Å². The molecule has 20 heavy (non-hydrogen) atoms. The third-order valence-corrected chi connectivity index (χ3v) is 4.66. The molecule has 3 rings (SSSR count). The molecular weight excluding hydrogens is 260 g/mol. The van der Waals surface area contributed by atoms with Gasteiger partial charge in [0.15, 0.2) is 0 Å². The number of carboxylic acid groups (broad SMARTS) is 1. The van der Waals surface area contributed by atoms with Gasteiger partial charge >= 0.3 is 12.0 Å². The van der Waals surface area contributed by atoms with Crippen LogP contribution in [-0.2, 0) is 9.53 Å². The number of likely N-dealkylation sites (tertiary alicyclic amines) is 1. The summed E-state index contributed by atoms with van der Waals surface area (Å²) < 4.78 is 5.72.